The lowest BCUT2D eigenvalue weighted by molar-refractivity contribution is -0.169. The molecule has 0 saturated carbocycles. The number of Topliss-reactive ketones (excluding diaryl/α,β-unsaturated/α-hetero) is 1. The predicted octanol–water partition coefficient (Wildman–Crippen LogP) is 0.367. The number of rotatable bonds is 3. The van der Waals surface area contributed by atoms with E-state index in [9.17, 15) is 34.2 Å². The van der Waals surface area contributed by atoms with Gasteiger partial charge >= 0.3 is 0 Å². The summed E-state index contributed by atoms with van der Waals surface area (Å²) in [5.41, 5.74) is -1.47. The Morgan fingerprint density at radius 1 is 0.851 bits per heavy atom. The zero-order valence-corrected chi connectivity index (χ0v) is 28.4. The molecular formula is C30H28N6O7S4. The fraction of sp³-hybridized carbons (Fsp3) is 0.433. The molecular weight excluding hydrogens is 685 g/mol. The highest BCUT2D eigenvalue weighted by Crippen LogP contribution is 2.76. The SMILES string of the molecule is CC(=O)[C@]12SS[C@]3(C(=O)N1C)[C@@H](O)[C@]1(C45c6ccccc6N[C@@H]4N4C(=O)CN(C)C(=O)[C@@]4(SS)[C@@H]5O)c4ccccc4N[C@@H]1N3C2=O. The minimum absolute atomic E-state index is 0.258. The van der Waals surface area contributed by atoms with Crippen molar-refractivity contribution in [2.45, 2.75) is 56.9 Å². The number of carbonyl (C=O) groups excluding carboxylic acids is 5. The van der Waals surface area contributed by atoms with E-state index in [1.54, 1.807) is 48.5 Å². The number of nitrogens with zero attached hydrogens (tertiary/aromatic N) is 4. The van der Waals surface area contributed by atoms with Gasteiger partial charge in [-0.15, -0.1) is 11.7 Å². The molecule has 0 radical (unpaired) electrons. The fourth-order valence-electron chi connectivity index (χ4n) is 9.77. The van der Waals surface area contributed by atoms with Crippen molar-refractivity contribution < 1.29 is 34.2 Å². The lowest BCUT2D eigenvalue weighted by Gasteiger charge is -2.57. The van der Waals surface area contributed by atoms with Gasteiger partial charge in [0.05, 0.1) is 17.4 Å². The van der Waals surface area contributed by atoms with Crippen molar-refractivity contribution in [1.82, 2.24) is 19.6 Å². The monoisotopic (exact) mass is 712 g/mol. The normalized spacial score (nSPS) is 42.1. The molecule has 2 aromatic carbocycles. The van der Waals surface area contributed by atoms with Gasteiger partial charge in [-0.3, -0.25) is 33.8 Å². The third kappa shape index (κ3) is 2.67. The van der Waals surface area contributed by atoms with E-state index in [0.717, 1.165) is 37.3 Å². The lowest BCUT2D eigenvalue weighted by Crippen LogP contribution is -2.79. The minimum Gasteiger partial charge on any atom is -0.388 e. The molecule has 0 aromatic heterocycles. The number of benzene rings is 2. The summed E-state index contributed by atoms with van der Waals surface area (Å²) in [6.45, 7) is 1.00. The van der Waals surface area contributed by atoms with E-state index >= 15 is 0 Å². The third-order valence-corrected chi connectivity index (χ3v) is 16.9. The summed E-state index contributed by atoms with van der Waals surface area (Å²) in [5.74, 6) is -2.87. The van der Waals surface area contributed by atoms with Gasteiger partial charge < -0.3 is 30.6 Å². The van der Waals surface area contributed by atoms with Gasteiger partial charge in [0, 0.05) is 25.5 Å². The molecule has 8 heterocycles. The number of para-hydroxylation sites is 2. The summed E-state index contributed by atoms with van der Waals surface area (Å²) in [6, 6.07) is 14.2. The number of aliphatic hydroxyl groups is 2. The van der Waals surface area contributed by atoms with E-state index in [4.69, 9.17) is 0 Å². The van der Waals surface area contributed by atoms with E-state index in [-0.39, 0.29) is 6.54 Å². The topological polar surface area (TPSA) is 163 Å². The zero-order valence-electron chi connectivity index (χ0n) is 25.0. The van der Waals surface area contributed by atoms with Crippen molar-refractivity contribution >= 4 is 84.8 Å². The first-order chi connectivity index (χ1) is 22.4. The molecule has 244 valence electrons. The number of carbonyl (C=O) groups is 5. The second-order valence-electron chi connectivity index (χ2n) is 13.0. The Morgan fingerprint density at radius 2 is 1.40 bits per heavy atom. The Morgan fingerprint density at radius 3 is 1.98 bits per heavy atom. The summed E-state index contributed by atoms with van der Waals surface area (Å²) in [7, 11) is 5.50. The summed E-state index contributed by atoms with van der Waals surface area (Å²) in [4.78, 5) is 70.4. The van der Waals surface area contributed by atoms with Gasteiger partial charge in [0.15, 0.2) is 5.78 Å². The standard InChI is InChI=1S/C30H28N6O7S4/c1-13(37)28-25(43)36-22-27(15-9-5-7-11-17(15)32-22,20(40)30(36,47-46-28)24(42)34(28)3)26-14-8-4-6-10-16(14)31-21(26)35-18(38)12-33(2)23(41)29(35,45-44)19(26)39/h4-11,19-22,31-32,39-40,44H,12H2,1-3H3/t19-,20+,21-,22-,26?,27-,28-,29+,30+/m1/s1. The maximum absolute atomic E-state index is 14.8. The minimum atomic E-state index is -1.96. The van der Waals surface area contributed by atoms with Gasteiger partial charge in [-0.2, -0.15) is 0 Å². The molecule has 2 bridgehead atoms. The number of hydrogen-bond donors (Lipinski definition) is 5. The average molecular weight is 713 g/mol. The second-order valence-corrected chi connectivity index (χ2v) is 16.9. The Balaban J connectivity index is 1.43. The van der Waals surface area contributed by atoms with Crippen molar-refractivity contribution in [2.24, 2.45) is 0 Å². The van der Waals surface area contributed by atoms with Gasteiger partial charge in [-0.25, -0.2) is 0 Å². The van der Waals surface area contributed by atoms with E-state index in [1.165, 1.54) is 35.7 Å². The number of hydrogen-bond acceptors (Lipinski definition) is 13. The van der Waals surface area contributed by atoms with Crippen LogP contribution in [0.4, 0.5) is 11.4 Å². The van der Waals surface area contributed by atoms with Crippen LogP contribution in [-0.4, -0.2) is 119 Å². The van der Waals surface area contributed by atoms with Crippen LogP contribution in [0.15, 0.2) is 48.5 Å². The van der Waals surface area contributed by atoms with Crippen molar-refractivity contribution in [3.8, 4) is 0 Å². The van der Waals surface area contributed by atoms with Crippen LogP contribution in [0.5, 0.6) is 0 Å². The Bertz CT molecular complexity index is 1900. The predicted molar refractivity (Wildman–Crippen MR) is 178 cm³/mol. The molecule has 1 spiro atoms. The number of amides is 4. The molecule has 9 atom stereocenters. The Labute approximate surface area is 285 Å². The van der Waals surface area contributed by atoms with Gasteiger partial charge in [0.2, 0.25) is 20.5 Å². The molecule has 4 amide bonds. The summed E-state index contributed by atoms with van der Waals surface area (Å²) in [6.07, 6.45) is -5.81. The van der Waals surface area contributed by atoms with Crippen LogP contribution in [0.25, 0.3) is 0 Å². The molecule has 17 heteroatoms. The number of piperazine rings is 2. The third-order valence-electron chi connectivity index (χ3n) is 11.5. The first-order valence-corrected chi connectivity index (χ1v) is 18.9. The molecule has 2 aromatic rings. The van der Waals surface area contributed by atoms with Crippen LogP contribution >= 0.6 is 44.0 Å². The number of likely N-dealkylation sites (N-methyl/N-ethyl adjacent to an activating group) is 2. The highest BCUT2D eigenvalue weighted by molar-refractivity contribution is 8.78. The molecule has 8 aliphatic heterocycles. The van der Waals surface area contributed by atoms with Gasteiger partial charge in [0.25, 0.3) is 17.7 Å². The van der Waals surface area contributed by atoms with E-state index in [2.05, 4.69) is 22.3 Å². The molecule has 0 aliphatic carbocycles. The first kappa shape index (κ1) is 30.0. The maximum Gasteiger partial charge on any atom is 0.271 e. The molecule has 10 rings (SSSR count). The Kier molecular flexibility index (Phi) is 5.70. The molecule has 4 N–H and O–H groups in total. The smallest absolute Gasteiger partial charge is 0.271 e. The maximum atomic E-state index is 14.8. The summed E-state index contributed by atoms with van der Waals surface area (Å²) in [5, 5.41) is 33.3. The molecule has 6 fully saturated rings. The summed E-state index contributed by atoms with van der Waals surface area (Å²) < 4.78 is 0. The number of nitrogens with one attached hydrogen (secondary N) is 2. The van der Waals surface area contributed by atoms with Crippen molar-refractivity contribution in [2.75, 3.05) is 31.3 Å². The number of ketones is 1. The van der Waals surface area contributed by atoms with Gasteiger partial charge in [-0.1, -0.05) is 47.2 Å². The number of aliphatic hydroxyl groups excluding tert-OH is 2. The first-order valence-electron chi connectivity index (χ1n) is 14.9. The van der Waals surface area contributed by atoms with E-state index in [0.29, 0.717) is 22.5 Å². The highest BCUT2D eigenvalue weighted by Gasteiger charge is 2.92. The van der Waals surface area contributed by atoms with E-state index in [1.807, 2.05) is 0 Å². The molecule has 47 heavy (non-hydrogen) atoms. The lowest BCUT2D eigenvalue weighted by atomic mass is 9.52. The number of fused-ring (bicyclic) bond motifs is 11. The van der Waals surface area contributed by atoms with Crippen LogP contribution in [0.1, 0.15) is 18.1 Å². The van der Waals surface area contributed by atoms with Crippen molar-refractivity contribution in [3.63, 3.8) is 0 Å². The summed E-state index contributed by atoms with van der Waals surface area (Å²) >= 11 is 4.53. The largest absolute Gasteiger partial charge is 0.388 e. The van der Waals surface area contributed by atoms with Gasteiger partial charge in [0.1, 0.15) is 24.5 Å². The molecule has 6 saturated heterocycles. The number of thiol groups is 1. The fourth-order valence-corrected chi connectivity index (χ4v) is 15.2. The second kappa shape index (κ2) is 8.92. The van der Waals surface area contributed by atoms with Crippen molar-refractivity contribution in [1.29, 1.82) is 0 Å². The van der Waals surface area contributed by atoms with Crippen LogP contribution in [-0.2, 0) is 34.8 Å². The molecule has 13 nitrogen and oxygen atoms in total. The van der Waals surface area contributed by atoms with Crippen LogP contribution in [0.2, 0.25) is 0 Å². The molecule has 1 unspecified atom stereocenters. The van der Waals surface area contributed by atoms with Crippen LogP contribution in [0, 0.1) is 0 Å². The van der Waals surface area contributed by atoms with Crippen LogP contribution < -0.4 is 10.6 Å². The van der Waals surface area contributed by atoms with Crippen molar-refractivity contribution in [3.05, 3.63) is 59.7 Å². The molecule has 8 aliphatic rings. The average Bonchev–Trinajstić information content (AvgIpc) is 3.70. The van der Waals surface area contributed by atoms with E-state index < -0.39 is 79.4 Å². The van der Waals surface area contributed by atoms with Gasteiger partial charge in [-0.05, 0) is 51.8 Å². The van der Waals surface area contributed by atoms with Crippen LogP contribution in [0.3, 0.4) is 0 Å². The quantitative estimate of drug-likeness (QED) is 0.169. The zero-order chi connectivity index (χ0) is 33.2. The number of anilines is 2. The highest BCUT2D eigenvalue weighted by atomic mass is 33.1. The Hall–Kier alpha value is -3.09.